The molecule has 2 unspecified atom stereocenters. The van der Waals surface area contributed by atoms with Crippen molar-refractivity contribution in [3.8, 4) is 0 Å². The Kier molecular flexibility index (Phi) is 2.72. The monoisotopic (exact) mass is 177 g/mol. The molecule has 1 aliphatic heterocycles. The minimum atomic E-state index is 0.709. The zero-order valence-electron chi connectivity index (χ0n) is 8.42. The Morgan fingerprint density at radius 2 is 2.46 bits per heavy atom. The fourth-order valence-corrected chi connectivity index (χ4v) is 2.44. The summed E-state index contributed by atoms with van der Waals surface area (Å²) in [5, 5.41) is 3.47. The van der Waals surface area contributed by atoms with Gasteiger partial charge in [0.1, 0.15) is 0 Å². The highest BCUT2D eigenvalue weighted by Gasteiger charge is 2.24. The Labute approximate surface area is 80.9 Å². The second kappa shape index (κ2) is 3.99. The molecule has 0 amide bonds. The molecule has 0 aromatic rings. The summed E-state index contributed by atoms with van der Waals surface area (Å²) >= 11 is 0. The summed E-state index contributed by atoms with van der Waals surface area (Å²) < 4.78 is 0. The lowest BCUT2D eigenvalue weighted by atomic mass is 9.95. The largest absolute Gasteiger partial charge is 0.387 e. The van der Waals surface area contributed by atoms with Crippen LogP contribution >= 0.6 is 0 Å². The van der Waals surface area contributed by atoms with Gasteiger partial charge >= 0.3 is 0 Å². The molecule has 1 nitrogen and oxygen atoms in total. The van der Waals surface area contributed by atoms with Crippen molar-refractivity contribution in [2.24, 2.45) is 5.92 Å². The average molecular weight is 177 g/mol. The van der Waals surface area contributed by atoms with E-state index >= 15 is 0 Å². The molecule has 72 valence electrons. The topological polar surface area (TPSA) is 12.0 Å². The summed E-state index contributed by atoms with van der Waals surface area (Å²) in [5.41, 5.74) is 1.67. The molecule has 0 fully saturated rings. The molecule has 0 aromatic carbocycles. The second-order valence-electron chi connectivity index (χ2n) is 4.19. The zero-order chi connectivity index (χ0) is 9.10. The van der Waals surface area contributed by atoms with Crippen LogP contribution in [0, 0.1) is 5.92 Å². The maximum absolute atomic E-state index is 3.47. The number of hydrogen-bond acceptors (Lipinski definition) is 1. The molecule has 1 heterocycles. The fraction of sp³-hybridized carbons (Fsp3) is 0.667. The van der Waals surface area contributed by atoms with Crippen LogP contribution in [-0.2, 0) is 0 Å². The minimum absolute atomic E-state index is 0.709. The van der Waals surface area contributed by atoms with E-state index in [1.165, 1.54) is 32.1 Å². The van der Waals surface area contributed by atoms with Crippen molar-refractivity contribution in [2.75, 3.05) is 0 Å². The van der Waals surface area contributed by atoms with E-state index in [1.807, 2.05) is 0 Å². The minimum Gasteiger partial charge on any atom is -0.387 e. The Hall–Kier alpha value is -0.720. The lowest BCUT2D eigenvalue weighted by molar-refractivity contribution is 0.463. The standard InChI is InChI=1S/C12H19N/c1-2-4-10-5-3-6-11-7-8-13-12(11)9-10/h5,7-8,11-13H,2-4,6,9H2,1H3. The molecule has 2 rings (SSSR count). The third kappa shape index (κ3) is 1.96. The lowest BCUT2D eigenvalue weighted by Crippen LogP contribution is -2.26. The van der Waals surface area contributed by atoms with Crippen LogP contribution in [-0.4, -0.2) is 6.04 Å². The van der Waals surface area contributed by atoms with Crippen LogP contribution in [0.1, 0.15) is 39.0 Å². The van der Waals surface area contributed by atoms with E-state index in [0.717, 1.165) is 5.92 Å². The van der Waals surface area contributed by atoms with Crippen LogP contribution < -0.4 is 5.32 Å². The van der Waals surface area contributed by atoms with E-state index in [1.54, 1.807) is 5.57 Å². The lowest BCUT2D eigenvalue weighted by Gasteiger charge is -2.17. The maximum atomic E-state index is 3.47. The first kappa shape index (κ1) is 8.86. The molecule has 0 spiro atoms. The van der Waals surface area contributed by atoms with Gasteiger partial charge in [0.05, 0.1) is 0 Å². The molecule has 2 atom stereocenters. The van der Waals surface area contributed by atoms with Crippen molar-refractivity contribution in [1.29, 1.82) is 0 Å². The summed E-state index contributed by atoms with van der Waals surface area (Å²) in [5.74, 6) is 0.797. The molecule has 0 aromatic heterocycles. The molecule has 13 heavy (non-hydrogen) atoms. The molecule has 0 saturated heterocycles. The number of rotatable bonds is 2. The van der Waals surface area contributed by atoms with Crippen molar-refractivity contribution in [3.63, 3.8) is 0 Å². The number of hydrogen-bond donors (Lipinski definition) is 1. The van der Waals surface area contributed by atoms with Gasteiger partial charge in [-0.1, -0.05) is 31.1 Å². The van der Waals surface area contributed by atoms with E-state index in [-0.39, 0.29) is 0 Å². The Morgan fingerprint density at radius 1 is 1.54 bits per heavy atom. The Balaban J connectivity index is 1.98. The zero-order valence-corrected chi connectivity index (χ0v) is 8.42. The molecule has 2 aliphatic rings. The smallest absolute Gasteiger partial charge is 0.0356 e. The van der Waals surface area contributed by atoms with Crippen LogP contribution in [0.15, 0.2) is 23.9 Å². The summed E-state index contributed by atoms with van der Waals surface area (Å²) in [6.45, 7) is 2.27. The molecule has 1 heteroatoms. The van der Waals surface area contributed by atoms with Crippen molar-refractivity contribution >= 4 is 0 Å². The Morgan fingerprint density at radius 3 is 3.31 bits per heavy atom. The maximum Gasteiger partial charge on any atom is 0.0356 e. The van der Waals surface area contributed by atoms with Crippen molar-refractivity contribution in [3.05, 3.63) is 23.9 Å². The van der Waals surface area contributed by atoms with Crippen LogP contribution in [0.25, 0.3) is 0 Å². The van der Waals surface area contributed by atoms with E-state index in [2.05, 4.69) is 30.6 Å². The molecule has 0 bridgehead atoms. The first-order valence-electron chi connectivity index (χ1n) is 5.50. The number of fused-ring (bicyclic) bond motifs is 1. The molecule has 0 saturated carbocycles. The molecule has 0 radical (unpaired) electrons. The molecule has 1 aliphatic carbocycles. The first-order valence-corrected chi connectivity index (χ1v) is 5.50. The van der Waals surface area contributed by atoms with Crippen LogP contribution in [0.4, 0.5) is 0 Å². The van der Waals surface area contributed by atoms with E-state index in [4.69, 9.17) is 0 Å². The van der Waals surface area contributed by atoms with Gasteiger partial charge in [-0.25, -0.2) is 0 Å². The predicted molar refractivity (Wildman–Crippen MR) is 56.4 cm³/mol. The van der Waals surface area contributed by atoms with E-state index < -0.39 is 0 Å². The summed E-state index contributed by atoms with van der Waals surface area (Å²) in [6, 6.07) is 0.709. The second-order valence-corrected chi connectivity index (χ2v) is 4.19. The van der Waals surface area contributed by atoms with Gasteiger partial charge in [-0.15, -0.1) is 0 Å². The van der Waals surface area contributed by atoms with Gasteiger partial charge in [0.25, 0.3) is 0 Å². The van der Waals surface area contributed by atoms with Gasteiger partial charge < -0.3 is 5.32 Å². The SMILES string of the molecule is CCCC1=CCCC2C=CNC2C1. The van der Waals surface area contributed by atoms with Gasteiger partial charge in [-0.05, 0) is 37.8 Å². The van der Waals surface area contributed by atoms with Gasteiger partial charge in [0.2, 0.25) is 0 Å². The van der Waals surface area contributed by atoms with Gasteiger partial charge in [-0.2, -0.15) is 0 Å². The number of allylic oxidation sites excluding steroid dienone is 1. The Bertz CT molecular complexity index is 227. The van der Waals surface area contributed by atoms with Crippen LogP contribution in [0.3, 0.4) is 0 Å². The normalized spacial score (nSPS) is 31.9. The molecular weight excluding hydrogens is 158 g/mol. The van der Waals surface area contributed by atoms with Crippen molar-refractivity contribution in [1.82, 2.24) is 5.32 Å². The third-order valence-electron chi connectivity index (χ3n) is 3.16. The average Bonchev–Trinajstić information content (AvgIpc) is 2.46. The van der Waals surface area contributed by atoms with Crippen LogP contribution in [0.2, 0.25) is 0 Å². The van der Waals surface area contributed by atoms with Crippen LogP contribution in [0.5, 0.6) is 0 Å². The van der Waals surface area contributed by atoms with Gasteiger partial charge in [-0.3, -0.25) is 0 Å². The van der Waals surface area contributed by atoms with Crippen molar-refractivity contribution < 1.29 is 0 Å². The number of nitrogens with one attached hydrogen (secondary N) is 1. The highest BCUT2D eigenvalue weighted by molar-refractivity contribution is 5.14. The summed E-state index contributed by atoms with van der Waals surface area (Å²) in [7, 11) is 0. The van der Waals surface area contributed by atoms with Gasteiger partial charge in [0.15, 0.2) is 0 Å². The third-order valence-corrected chi connectivity index (χ3v) is 3.16. The van der Waals surface area contributed by atoms with Crippen molar-refractivity contribution in [2.45, 2.75) is 45.1 Å². The van der Waals surface area contributed by atoms with Gasteiger partial charge in [0, 0.05) is 6.04 Å². The fourth-order valence-electron chi connectivity index (χ4n) is 2.44. The quantitative estimate of drug-likeness (QED) is 0.639. The highest BCUT2D eigenvalue weighted by Crippen LogP contribution is 2.29. The van der Waals surface area contributed by atoms with E-state index in [0.29, 0.717) is 6.04 Å². The molecular formula is C12H19N. The summed E-state index contributed by atoms with van der Waals surface area (Å²) in [4.78, 5) is 0. The van der Waals surface area contributed by atoms with E-state index in [9.17, 15) is 0 Å². The highest BCUT2D eigenvalue weighted by atomic mass is 14.9. The first-order chi connectivity index (χ1) is 6.40. The predicted octanol–water partition coefficient (Wildman–Crippen LogP) is 3.00. The summed E-state index contributed by atoms with van der Waals surface area (Å²) in [6.07, 6.45) is 13.4. The molecule has 1 N–H and O–H groups in total.